The van der Waals surface area contributed by atoms with Crippen molar-refractivity contribution in [1.29, 1.82) is 0 Å². The Labute approximate surface area is 107 Å². The van der Waals surface area contributed by atoms with E-state index in [0.29, 0.717) is 0 Å². The van der Waals surface area contributed by atoms with Gasteiger partial charge in [-0.25, -0.2) is 0 Å². The third-order valence-corrected chi connectivity index (χ3v) is 4.68. The lowest BCUT2D eigenvalue weighted by Crippen LogP contribution is -2.53. The molecule has 3 saturated heterocycles. The Hall–Kier alpha value is -0.650. The highest BCUT2D eigenvalue weighted by atomic mass is 16.5. The van der Waals surface area contributed by atoms with Gasteiger partial charge >= 0.3 is 0 Å². The van der Waals surface area contributed by atoms with Crippen LogP contribution in [0.3, 0.4) is 0 Å². The fraction of sp³-hybridized carbons (Fsp3) is 0.923. The summed E-state index contributed by atoms with van der Waals surface area (Å²) in [5.41, 5.74) is 0. The zero-order chi connectivity index (χ0) is 12.7. The average Bonchev–Trinajstić information content (AvgIpc) is 2.92. The normalized spacial score (nSPS) is 43.4. The Balaban J connectivity index is 1.67. The van der Waals surface area contributed by atoms with Crippen LogP contribution in [0.25, 0.3) is 0 Å². The van der Waals surface area contributed by atoms with E-state index in [9.17, 15) is 9.90 Å². The van der Waals surface area contributed by atoms with Crippen LogP contribution in [0.2, 0.25) is 0 Å². The topological polar surface area (TPSA) is 61.8 Å². The summed E-state index contributed by atoms with van der Waals surface area (Å²) in [6.07, 6.45) is 4.32. The molecule has 4 atom stereocenters. The first-order valence-corrected chi connectivity index (χ1v) is 6.95. The molecule has 3 aliphatic rings. The number of rotatable bonds is 2. The molecule has 0 radical (unpaired) electrons. The summed E-state index contributed by atoms with van der Waals surface area (Å²) in [5, 5.41) is 13.0. The van der Waals surface area contributed by atoms with Crippen molar-refractivity contribution >= 4 is 5.91 Å². The number of aliphatic hydroxyl groups is 1. The smallest absolute Gasteiger partial charge is 0.240 e. The molecular weight excluding hydrogens is 232 g/mol. The van der Waals surface area contributed by atoms with Crippen molar-refractivity contribution in [2.45, 2.75) is 62.4 Å². The standard InChI is InChI=1S/C13H22N2O3/c1-18-11-6-12(14-7-11)13(17)15-8-2-3-9(15)5-10(16)4-8/h8-12,14,16H,2-7H2,1H3. The van der Waals surface area contributed by atoms with Crippen LogP contribution < -0.4 is 5.32 Å². The van der Waals surface area contributed by atoms with Crippen LogP contribution in [0.4, 0.5) is 0 Å². The van der Waals surface area contributed by atoms with Gasteiger partial charge in [-0.15, -0.1) is 0 Å². The van der Waals surface area contributed by atoms with Crippen molar-refractivity contribution in [3.05, 3.63) is 0 Å². The number of hydrogen-bond donors (Lipinski definition) is 2. The van der Waals surface area contributed by atoms with Crippen LogP contribution >= 0.6 is 0 Å². The van der Waals surface area contributed by atoms with Gasteiger partial charge in [0.05, 0.1) is 18.2 Å². The van der Waals surface area contributed by atoms with E-state index in [4.69, 9.17) is 4.74 Å². The maximum atomic E-state index is 12.6. The van der Waals surface area contributed by atoms with Crippen LogP contribution in [0.15, 0.2) is 0 Å². The quantitative estimate of drug-likeness (QED) is 0.721. The lowest BCUT2D eigenvalue weighted by molar-refractivity contribution is -0.139. The van der Waals surface area contributed by atoms with Gasteiger partial charge in [0.1, 0.15) is 0 Å². The van der Waals surface area contributed by atoms with E-state index in [1.165, 1.54) is 0 Å². The van der Waals surface area contributed by atoms with E-state index < -0.39 is 0 Å². The second-order valence-electron chi connectivity index (χ2n) is 5.81. The molecule has 2 N–H and O–H groups in total. The summed E-state index contributed by atoms with van der Waals surface area (Å²) in [5.74, 6) is 0.217. The third-order valence-electron chi connectivity index (χ3n) is 4.68. The Morgan fingerprint density at radius 3 is 2.50 bits per heavy atom. The summed E-state index contributed by atoms with van der Waals surface area (Å²) in [6.45, 7) is 0.763. The number of nitrogens with one attached hydrogen (secondary N) is 1. The molecule has 0 spiro atoms. The van der Waals surface area contributed by atoms with Gasteiger partial charge in [0.25, 0.3) is 0 Å². The van der Waals surface area contributed by atoms with E-state index >= 15 is 0 Å². The van der Waals surface area contributed by atoms with Gasteiger partial charge in [-0.05, 0) is 32.1 Å². The van der Waals surface area contributed by atoms with Gasteiger partial charge in [0, 0.05) is 25.7 Å². The molecule has 5 nitrogen and oxygen atoms in total. The van der Waals surface area contributed by atoms with Gasteiger partial charge in [-0.3, -0.25) is 4.79 Å². The zero-order valence-corrected chi connectivity index (χ0v) is 10.8. The molecule has 0 aliphatic carbocycles. The van der Waals surface area contributed by atoms with E-state index in [1.807, 2.05) is 4.90 Å². The molecule has 4 unspecified atom stereocenters. The predicted octanol–water partition coefficient (Wildman–Crippen LogP) is -0.122. The number of nitrogens with zero attached hydrogens (tertiary/aromatic N) is 1. The number of amides is 1. The highest BCUT2D eigenvalue weighted by molar-refractivity contribution is 5.83. The lowest BCUT2D eigenvalue weighted by atomic mass is 9.98. The molecular formula is C13H22N2O3. The lowest BCUT2D eigenvalue weighted by Gasteiger charge is -2.38. The van der Waals surface area contributed by atoms with Gasteiger partial charge in [-0.2, -0.15) is 0 Å². The number of aliphatic hydroxyl groups excluding tert-OH is 1. The Morgan fingerprint density at radius 2 is 1.94 bits per heavy atom. The largest absolute Gasteiger partial charge is 0.393 e. The van der Waals surface area contributed by atoms with E-state index in [2.05, 4.69) is 5.32 Å². The molecule has 0 saturated carbocycles. The number of carbonyl (C=O) groups is 1. The molecule has 3 aliphatic heterocycles. The molecule has 1 amide bonds. The van der Waals surface area contributed by atoms with Crippen molar-refractivity contribution in [2.24, 2.45) is 0 Å². The summed E-state index contributed by atoms with van der Waals surface area (Å²) in [6, 6.07) is 0.428. The summed E-state index contributed by atoms with van der Waals surface area (Å²) in [7, 11) is 1.69. The fourth-order valence-corrected chi connectivity index (χ4v) is 3.76. The molecule has 3 rings (SSSR count). The van der Waals surface area contributed by atoms with Crippen LogP contribution in [-0.4, -0.2) is 59.9 Å². The zero-order valence-electron chi connectivity index (χ0n) is 10.8. The van der Waals surface area contributed by atoms with Crippen LogP contribution in [0.1, 0.15) is 32.1 Å². The molecule has 102 valence electrons. The molecule has 0 aromatic carbocycles. The number of carbonyl (C=O) groups excluding carboxylic acids is 1. The Bertz CT molecular complexity index is 322. The second-order valence-corrected chi connectivity index (χ2v) is 5.81. The molecule has 18 heavy (non-hydrogen) atoms. The Kier molecular flexibility index (Phi) is 3.30. The molecule has 3 heterocycles. The van der Waals surface area contributed by atoms with Gasteiger partial charge < -0.3 is 20.1 Å². The minimum absolute atomic E-state index is 0.0895. The Morgan fingerprint density at radius 1 is 1.28 bits per heavy atom. The van der Waals surface area contributed by atoms with Crippen LogP contribution in [0, 0.1) is 0 Å². The SMILES string of the molecule is COC1CNC(C(=O)N2C3CCC2CC(O)C3)C1. The molecule has 3 fully saturated rings. The molecule has 2 bridgehead atoms. The maximum absolute atomic E-state index is 12.6. The number of methoxy groups -OCH3 is 1. The van der Waals surface area contributed by atoms with Gasteiger partial charge in [0.15, 0.2) is 0 Å². The number of fused-ring (bicyclic) bond motifs is 2. The van der Waals surface area contributed by atoms with Crippen LogP contribution in [0.5, 0.6) is 0 Å². The van der Waals surface area contributed by atoms with Gasteiger partial charge in [-0.1, -0.05) is 0 Å². The number of ether oxygens (including phenoxy) is 1. The summed E-state index contributed by atoms with van der Waals surface area (Å²) in [4.78, 5) is 14.6. The minimum atomic E-state index is -0.213. The second kappa shape index (κ2) is 4.79. The maximum Gasteiger partial charge on any atom is 0.240 e. The van der Waals surface area contributed by atoms with Crippen LogP contribution in [-0.2, 0) is 9.53 Å². The fourth-order valence-electron chi connectivity index (χ4n) is 3.76. The van der Waals surface area contributed by atoms with E-state index in [0.717, 1.165) is 38.6 Å². The first-order valence-electron chi connectivity index (χ1n) is 6.95. The van der Waals surface area contributed by atoms with Gasteiger partial charge in [0.2, 0.25) is 5.91 Å². The van der Waals surface area contributed by atoms with Crippen molar-refractivity contribution in [3.8, 4) is 0 Å². The molecule has 5 heteroatoms. The highest BCUT2D eigenvalue weighted by Crippen LogP contribution is 2.36. The van der Waals surface area contributed by atoms with E-state index in [1.54, 1.807) is 7.11 Å². The molecule has 0 aromatic heterocycles. The first-order chi connectivity index (χ1) is 8.69. The first kappa shape index (κ1) is 12.4. The monoisotopic (exact) mass is 254 g/mol. The minimum Gasteiger partial charge on any atom is -0.393 e. The van der Waals surface area contributed by atoms with Crippen molar-refractivity contribution < 1.29 is 14.6 Å². The van der Waals surface area contributed by atoms with Crippen molar-refractivity contribution in [1.82, 2.24) is 10.2 Å². The number of hydrogen-bond acceptors (Lipinski definition) is 4. The molecule has 0 aromatic rings. The number of piperidine rings is 1. The third kappa shape index (κ3) is 2.04. The average molecular weight is 254 g/mol. The van der Waals surface area contributed by atoms with E-state index in [-0.39, 0.29) is 36.2 Å². The summed E-state index contributed by atoms with van der Waals surface area (Å²) >= 11 is 0. The highest BCUT2D eigenvalue weighted by Gasteiger charge is 2.45. The van der Waals surface area contributed by atoms with Crippen molar-refractivity contribution in [2.75, 3.05) is 13.7 Å². The van der Waals surface area contributed by atoms with Crippen molar-refractivity contribution in [3.63, 3.8) is 0 Å². The predicted molar refractivity (Wildman–Crippen MR) is 66.1 cm³/mol. The summed E-state index contributed by atoms with van der Waals surface area (Å²) < 4.78 is 5.29.